The zero-order valence-electron chi connectivity index (χ0n) is 9.42. The molecule has 1 rings (SSSR count). The minimum atomic E-state index is 0.708. The van der Waals surface area contributed by atoms with Crippen LogP contribution in [0.2, 0.25) is 0 Å². The van der Waals surface area contributed by atoms with Crippen molar-refractivity contribution in [1.29, 1.82) is 0 Å². The van der Waals surface area contributed by atoms with Crippen molar-refractivity contribution in [2.45, 2.75) is 13.3 Å². The lowest BCUT2D eigenvalue weighted by atomic mass is 10.3. The molecule has 4 nitrogen and oxygen atoms in total. The van der Waals surface area contributed by atoms with Crippen molar-refractivity contribution in [3.8, 4) is 0 Å². The lowest BCUT2D eigenvalue weighted by Gasteiger charge is -2.08. The Kier molecular flexibility index (Phi) is 5.55. The van der Waals surface area contributed by atoms with Gasteiger partial charge >= 0.3 is 0 Å². The number of methoxy groups -OCH3 is 1. The Morgan fingerprint density at radius 1 is 1.33 bits per heavy atom. The van der Waals surface area contributed by atoms with Gasteiger partial charge in [0.25, 0.3) is 0 Å². The molecule has 0 fully saturated rings. The number of rotatable bonds is 7. The van der Waals surface area contributed by atoms with E-state index in [1.165, 1.54) is 0 Å². The summed E-state index contributed by atoms with van der Waals surface area (Å²) in [6, 6.07) is 3.96. The Bertz CT molecular complexity index is 278. The molecule has 4 heteroatoms. The van der Waals surface area contributed by atoms with Crippen LogP contribution in [0, 0.1) is 0 Å². The van der Waals surface area contributed by atoms with Crippen molar-refractivity contribution >= 4 is 11.5 Å². The summed E-state index contributed by atoms with van der Waals surface area (Å²) < 4.78 is 4.96. The number of nitrogens with zero attached hydrogens (tertiary/aromatic N) is 1. The first kappa shape index (κ1) is 11.8. The number of hydrogen-bond acceptors (Lipinski definition) is 4. The molecule has 84 valence electrons. The van der Waals surface area contributed by atoms with Crippen LogP contribution in [0.15, 0.2) is 18.3 Å². The molecule has 0 saturated carbocycles. The summed E-state index contributed by atoms with van der Waals surface area (Å²) in [4.78, 5) is 4.22. The smallest absolute Gasteiger partial charge is 0.127 e. The van der Waals surface area contributed by atoms with E-state index in [9.17, 15) is 0 Å². The fourth-order valence-electron chi connectivity index (χ4n) is 1.19. The predicted octanol–water partition coefficient (Wildman–Crippen LogP) is 1.96. The van der Waals surface area contributed by atoms with Gasteiger partial charge in [-0.05, 0) is 12.5 Å². The van der Waals surface area contributed by atoms with Crippen LogP contribution < -0.4 is 10.6 Å². The number of anilines is 2. The molecule has 1 aromatic heterocycles. The summed E-state index contributed by atoms with van der Waals surface area (Å²) in [5.74, 6) is 0.916. The zero-order valence-corrected chi connectivity index (χ0v) is 9.42. The van der Waals surface area contributed by atoms with E-state index in [2.05, 4.69) is 22.5 Å². The fourth-order valence-corrected chi connectivity index (χ4v) is 1.19. The standard InChI is InChI=1S/C11H19N3O/c1-3-5-13-11-9-10(4-6-14-11)12-7-8-15-2/h4,6,9H,3,5,7-8H2,1-2H3,(H2,12,13,14). The quantitative estimate of drug-likeness (QED) is 0.674. The van der Waals surface area contributed by atoms with Crippen molar-refractivity contribution < 1.29 is 4.74 Å². The molecule has 0 unspecified atom stereocenters. The first-order chi connectivity index (χ1) is 7.36. The van der Waals surface area contributed by atoms with Crippen LogP contribution >= 0.6 is 0 Å². The molecule has 0 saturated heterocycles. The molecule has 1 heterocycles. The van der Waals surface area contributed by atoms with Crippen molar-refractivity contribution in [1.82, 2.24) is 4.98 Å². The first-order valence-corrected chi connectivity index (χ1v) is 5.29. The maximum atomic E-state index is 4.96. The maximum absolute atomic E-state index is 4.96. The fraction of sp³-hybridized carbons (Fsp3) is 0.545. The molecule has 0 amide bonds. The lowest BCUT2D eigenvalue weighted by molar-refractivity contribution is 0.211. The van der Waals surface area contributed by atoms with E-state index in [1.54, 1.807) is 13.3 Å². The van der Waals surface area contributed by atoms with Crippen LogP contribution in [0.25, 0.3) is 0 Å². The Balaban J connectivity index is 2.42. The third-order valence-electron chi connectivity index (χ3n) is 1.95. The van der Waals surface area contributed by atoms with E-state index >= 15 is 0 Å². The highest BCUT2D eigenvalue weighted by molar-refractivity contribution is 5.51. The minimum absolute atomic E-state index is 0.708. The SMILES string of the molecule is CCCNc1cc(NCCOC)ccn1. The van der Waals surface area contributed by atoms with E-state index in [-0.39, 0.29) is 0 Å². The summed E-state index contributed by atoms with van der Waals surface area (Å²) in [6.45, 7) is 4.61. The van der Waals surface area contributed by atoms with Crippen molar-refractivity contribution in [3.05, 3.63) is 18.3 Å². The van der Waals surface area contributed by atoms with Gasteiger partial charge in [0, 0.05) is 38.1 Å². The van der Waals surface area contributed by atoms with Gasteiger partial charge < -0.3 is 15.4 Å². The molecule has 0 aromatic carbocycles. The van der Waals surface area contributed by atoms with Crippen molar-refractivity contribution in [2.24, 2.45) is 0 Å². The van der Waals surface area contributed by atoms with Gasteiger partial charge in [0.1, 0.15) is 5.82 Å². The Morgan fingerprint density at radius 3 is 2.93 bits per heavy atom. The van der Waals surface area contributed by atoms with Crippen LogP contribution in [-0.4, -0.2) is 31.8 Å². The molecular weight excluding hydrogens is 190 g/mol. The topological polar surface area (TPSA) is 46.2 Å². The summed E-state index contributed by atoms with van der Waals surface area (Å²) in [5.41, 5.74) is 1.07. The van der Waals surface area contributed by atoms with Crippen LogP contribution in [-0.2, 0) is 4.74 Å². The largest absolute Gasteiger partial charge is 0.383 e. The molecule has 0 atom stereocenters. The molecule has 0 bridgehead atoms. The highest BCUT2D eigenvalue weighted by Crippen LogP contribution is 2.11. The summed E-state index contributed by atoms with van der Waals surface area (Å²) in [5, 5.41) is 6.50. The Morgan fingerprint density at radius 2 is 2.20 bits per heavy atom. The van der Waals surface area contributed by atoms with E-state index in [0.29, 0.717) is 6.61 Å². The third kappa shape index (κ3) is 4.65. The number of nitrogens with one attached hydrogen (secondary N) is 2. The van der Waals surface area contributed by atoms with Crippen LogP contribution in [0.4, 0.5) is 11.5 Å². The first-order valence-electron chi connectivity index (χ1n) is 5.29. The van der Waals surface area contributed by atoms with Gasteiger partial charge in [-0.1, -0.05) is 6.92 Å². The van der Waals surface area contributed by atoms with Crippen LogP contribution in [0.3, 0.4) is 0 Å². The van der Waals surface area contributed by atoms with Crippen LogP contribution in [0.5, 0.6) is 0 Å². The van der Waals surface area contributed by atoms with E-state index < -0.39 is 0 Å². The second kappa shape index (κ2) is 7.06. The van der Waals surface area contributed by atoms with Crippen molar-refractivity contribution in [3.63, 3.8) is 0 Å². The average Bonchev–Trinajstić information content (AvgIpc) is 2.27. The van der Waals surface area contributed by atoms with Gasteiger partial charge in [0.05, 0.1) is 6.61 Å². The number of pyridine rings is 1. The molecule has 0 aliphatic heterocycles. The Hall–Kier alpha value is -1.29. The third-order valence-corrected chi connectivity index (χ3v) is 1.95. The number of aromatic nitrogens is 1. The molecule has 0 spiro atoms. The van der Waals surface area contributed by atoms with Gasteiger partial charge in [0.2, 0.25) is 0 Å². The maximum Gasteiger partial charge on any atom is 0.127 e. The van der Waals surface area contributed by atoms with Crippen molar-refractivity contribution in [2.75, 3.05) is 37.4 Å². The summed E-state index contributed by atoms with van der Waals surface area (Å²) in [7, 11) is 1.70. The van der Waals surface area contributed by atoms with Gasteiger partial charge in [-0.15, -0.1) is 0 Å². The molecule has 0 radical (unpaired) electrons. The van der Waals surface area contributed by atoms with Gasteiger partial charge in [-0.2, -0.15) is 0 Å². The molecule has 2 N–H and O–H groups in total. The van der Waals surface area contributed by atoms with E-state index in [1.807, 2.05) is 12.1 Å². The number of ether oxygens (including phenoxy) is 1. The minimum Gasteiger partial charge on any atom is -0.383 e. The molecule has 0 aliphatic carbocycles. The normalized spacial score (nSPS) is 10.0. The molecular formula is C11H19N3O. The predicted molar refractivity (Wildman–Crippen MR) is 63.4 cm³/mol. The van der Waals surface area contributed by atoms with E-state index in [0.717, 1.165) is 31.0 Å². The Labute approximate surface area is 91.1 Å². The highest BCUT2D eigenvalue weighted by atomic mass is 16.5. The highest BCUT2D eigenvalue weighted by Gasteiger charge is 1.95. The second-order valence-corrected chi connectivity index (χ2v) is 3.28. The van der Waals surface area contributed by atoms with Gasteiger partial charge in [-0.3, -0.25) is 0 Å². The number of hydrogen-bond donors (Lipinski definition) is 2. The van der Waals surface area contributed by atoms with E-state index in [4.69, 9.17) is 4.74 Å². The van der Waals surface area contributed by atoms with Crippen LogP contribution in [0.1, 0.15) is 13.3 Å². The lowest BCUT2D eigenvalue weighted by Crippen LogP contribution is -2.08. The average molecular weight is 209 g/mol. The summed E-state index contributed by atoms with van der Waals surface area (Å²) >= 11 is 0. The molecule has 1 aromatic rings. The summed E-state index contributed by atoms with van der Waals surface area (Å²) in [6.07, 6.45) is 2.90. The molecule has 15 heavy (non-hydrogen) atoms. The molecule has 0 aliphatic rings. The monoisotopic (exact) mass is 209 g/mol. The zero-order chi connectivity index (χ0) is 10.9. The van der Waals surface area contributed by atoms with Gasteiger partial charge in [0.15, 0.2) is 0 Å². The second-order valence-electron chi connectivity index (χ2n) is 3.28. The van der Waals surface area contributed by atoms with Gasteiger partial charge in [-0.25, -0.2) is 4.98 Å².